The lowest BCUT2D eigenvalue weighted by atomic mass is 10.1. The van der Waals surface area contributed by atoms with E-state index in [0.29, 0.717) is 37.8 Å². The highest BCUT2D eigenvalue weighted by Gasteiger charge is 2.25. The van der Waals surface area contributed by atoms with Crippen molar-refractivity contribution in [2.75, 3.05) is 31.1 Å². The van der Waals surface area contributed by atoms with Gasteiger partial charge in [0.1, 0.15) is 17.8 Å². The second-order valence-corrected chi connectivity index (χ2v) is 7.56. The zero-order valence-corrected chi connectivity index (χ0v) is 17.5. The number of piperazine rings is 1. The van der Waals surface area contributed by atoms with Gasteiger partial charge in [-0.1, -0.05) is 30.3 Å². The quantitative estimate of drug-likeness (QED) is 0.648. The van der Waals surface area contributed by atoms with Crippen LogP contribution in [-0.2, 0) is 7.05 Å². The van der Waals surface area contributed by atoms with E-state index in [1.807, 2.05) is 68.3 Å². The van der Waals surface area contributed by atoms with E-state index in [4.69, 9.17) is 4.74 Å². The molecule has 1 saturated heterocycles. The molecule has 1 amide bonds. The molecule has 3 heterocycles. The number of rotatable bonds is 5. The molecule has 1 aliphatic rings. The zero-order valence-electron chi connectivity index (χ0n) is 17.5. The molecule has 8 nitrogen and oxygen atoms in total. The average molecular weight is 406 g/mol. The predicted octanol–water partition coefficient (Wildman–Crippen LogP) is 2.63. The Morgan fingerprint density at radius 3 is 2.47 bits per heavy atom. The summed E-state index contributed by atoms with van der Waals surface area (Å²) in [7, 11) is 1.81. The van der Waals surface area contributed by atoms with E-state index in [-0.39, 0.29) is 12.0 Å². The molecule has 1 aromatic carbocycles. The molecule has 4 rings (SSSR count). The van der Waals surface area contributed by atoms with Gasteiger partial charge in [0.05, 0.1) is 11.8 Å². The van der Waals surface area contributed by atoms with Gasteiger partial charge >= 0.3 is 0 Å². The molecule has 8 heteroatoms. The first-order chi connectivity index (χ1) is 14.5. The smallest absolute Gasteiger partial charge is 0.272 e. The minimum absolute atomic E-state index is 0.00153. The normalized spacial score (nSPS) is 14.3. The number of hydrogen-bond donors (Lipinski definition) is 0. The van der Waals surface area contributed by atoms with Crippen molar-refractivity contribution >= 4 is 11.7 Å². The number of carbonyl (C=O) groups is 1. The molecule has 0 radical (unpaired) electrons. The predicted molar refractivity (Wildman–Crippen MR) is 115 cm³/mol. The van der Waals surface area contributed by atoms with Crippen LogP contribution in [0.25, 0.3) is 11.3 Å². The van der Waals surface area contributed by atoms with Gasteiger partial charge in [-0.15, -0.1) is 0 Å². The molecule has 0 atom stereocenters. The van der Waals surface area contributed by atoms with Crippen LogP contribution in [0.3, 0.4) is 0 Å². The SMILES string of the molecule is CC(C)Oc1cc(N2CCN(C(=O)c3cc(-c4ccccc4)nn3C)CC2)ncn1. The molecular formula is C22H26N6O2. The Morgan fingerprint density at radius 2 is 1.77 bits per heavy atom. The van der Waals surface area contributed by atoms with Crippen LogP contribution in [0.2, 0.25) is 0 Å². The molecule has 156 valence electrons. The zero-order chi connectivity index (χ0) is 21.1. The van der Waals surface area contributed by atoms with E-state index in [2.05, 4.69) is 20.0 Å². The third kappa shape index (κ3) is 4.27. The van der Waals surface area contributed by atoms with Crippen LogP contribution in [0.1, 0.15) is 24.3 Å². The Hall–Kier alpha value is -3.42. The number of ether oxygens (including phenoxy) is 1. The highest BCUT2D eigenvalue weighted by atomic mass is 16.5. The van der Waals surface area contributed by atoms with Crippen LogP contribution >= 0.6 is 0 Å². The van der Waals surface area contributed by atoms with Gasteiger partial charge in [-0.3, -0.25) is 9.48 Å². The van der Waals surface area contributed by atoms with Crippen LogP contribution < -0.4 is 9.64 Å². The van der Waals surface area contributed by atoms with Gasteiger partial charge in [0.25, 0.3) is 5.91 Å². The minimum atomic E-state index is -0.00153. The number of carbonyl (C=O) groups excluding carboxylic acids is 1. The summed E-state index contributed by atoms with van der Waals surface area (Å²) in [5, 5.41) is 4.52. The number of hydrogen-bond acceptors (Lipinski definition) is 6. The summed E-state index contributed by atoms with van der Waals surface area (Å²) in [6, 6.07) is 13.6. The van der Waals surface area contributed by atoms with E-state index in [9.17, 15) is 4.79 Å². The van der Waals surface area contributed by atoms with E-state index in [1.165, 1.54) is 6.33 Å². The van der Waals surface area contributed by atoms with Crippen LogP contribution in [0.15, 0.2) is 48.8 Å². The molecule has 1 fully saturated rings. The standard InChI is InChI=1S/C22H26N6O2/c1-16(2)30-21-14-20(23-15-24-21)27-9-11-28(12-10-27)22(29)19-13-18(25-26(19)3)17-7-5-4-6-8-17/h4-8,13-16H,9-12H2,1-3H3. The van der Waals surface area contributed by atoms with Gasteiger partial charge in [-0.2, -0.15) is 5.10 Å². The van der Waals surface area contributed by atoms with Crippen molar-refractivity contribution in [1.82, 2.24) is 24.6 Å². The molecule has 2 aromatic heterocycles. The maximum Gasteiger partial charge on any atom is 0.272 e. The third-order valence-corrected chi connectivity index (χ3v) is 5.04. The number of aryl methyl sites for hydroxylation is 1. The largest absolute Gasteiger partial charge is 0.475 e. The summed E-state index contributed by atoms with van der Waals surface area (Å²) in [4.78, 5) is 25.6. The van der Waals surface area contributed by atoms with Gasteiger partial charge in [-0.25, -0.2) is 9.97 Å². The van der Waals surface area contributed by atoms with Crippen molar-refractivity contribution in [2.45, 2.75) is 20.0 Å². The first-order valence-corrected chi connectivity index (χ1v) is 10.1. The van der Waals surface area contributed by atoms with Crippen LogP contribution in [0, 0.1) is 0 Å². The van der Waals surface area contributed by atoms with Crippen molar-refractivity contribution < 1.29 is 9.53 Å². The lowest BCUT2D eigenvalue weighted by molar-refractivity contribution is 0.0735. The van der Waals surface area contributed by atoms with E-state index < -0.39 is 0 Å². The molecule has 0 N–H and O–H groups in total. The second kappa shape index (κ2) is 8.52. The van der Waals surface area contributed by atoms with Crippen LogP contribution in [0.5, 0.6) is 5.88 Å². The summed E-state index contributed by atoms with van der Waals surface area (Å²) >= 11 is 0. The summed E-state index contributed by atoms with van der Waals surface area (Å²) in [6.45, 7) is 6.58. The Morgan fingerprint density at radius 1 is 1.03 bits per heavy atom. The fraction of sp³-hybridized carbons (Fsp3) is 0.364. The summed E-state index contributed by atoms with van der Waals surface area (Å²) in [5.74, 6) is 1.38. The topological polar surface area (TPSA) is 76.4 Å². The van der Waals surface area contributed by atoms with Gasteiger partial charge < -0.3 is 14.5 Å². The molecule has 0 bridgehead atoms. The monoisotopic (exact) mass is 406 g/mol. The van der Waals surface area contributed by atoms with Crippen LogP contribution in [-0.4, -0.2) is 62.8 Å². The number of amides is 1. The highest BCUT2D eigenvalue weighted by Crippen LogP contribution is 2.21. The molecular weight excluding hydrogens is 380 g/mol. The number of anilines is 1. The van der Waals surface area contributed by atoms with Gasteiger partial charge in [-0.05, 0) is 19.9 Å². The molecule has 0 spiro atoms. The van der Waals surface area contributed by atoms with Crippen LogP contribution in [0.4, 0.5) is 5.82 Å². The first-order valence-electron chi connectivity index (χ1n) is 10.1. The van der Waals surface area contributed by atoms with Gasteiger partial charge in [0, 0.05) is 44.9 Å². The van der Waals surface area contributed by atoms with Crippen molar-refractivity contribution in [2.24, 2.45) is 7.05 Å². The van der Waals surface area contributed by atoms with Crippen molar-refractivity contribution in [3.63, 3.8) is 0 Å². The van der Waals surface area contributed by atoms with E-state index in [1.54, 1.807) is 4.68 Å². The van der Waals surface area contributed by atoms with Crippen molar-refractivity contribution in [1.29, 1.82) is 0 Å². The molecule has 0 saturated carbocycles. The molecule has 3 aromatic rings. The maximum atomic E-state index is 13.1. The number of benzene rings is 1. The Labute approximate surface area is 176 Å². The first kappa shape index (κ1) is 19.9. The Kier molecular flexibility index (Phi) is 5.65. The lowest BCUT2D eigenvalue weighted by Gasteiger charge is -2.35. The summed E-state index contributed by atoms with van der Waals surface area (Å²) < 4.78 is 7.33. The molecule has 0 aliphatic carbocycles. The van der Waals surface area contributed by atoms with Crippen molar-refractivity contribution in [3.05, 3.63) is 54.5 Å². The van der Waals surface area contributed by atoms with Crippen molar-refractivity contribution in [3.8, 4) is 17.1 Å². The van der Waals surface area contributed by atoms with E-state index in [0.717, 1.165) is 17.1 Å². The fourth-order valence-corrected chi connectivity index (χ4v) is 3.53. The summed E-state index contributed by atoms with van der Waals surface area (Å²) in [5.41, 5.74) is 2.40. The molecule has 0 unspecified atom stereocenters. The molecule has 30 heavy (non-hydrogen) atoms. The lowest BCUT2D eigenvalue weighted by Crippen LogP contribution is -2.49. The maximum absolute atomic E-state index is 13.1. The average Bonchev–Trinajstić information content (AvgIpc) is 3.15. The number of nitrogens with zero attached hydrogens (tertiary/aromatic N) is 6. The summed E-state index contributed by atoms with van der Waals surface area (Å²) in [6.07, 6.45) is 1.58. The van der Waals surface area contributed by atoms with E-state index >= 15 is 0 Å². The fourth-order valence-electron chi connectivity index (χ4n) is 3.53. The highest BCUT2D eigenvalue weighted by molar-refractivity contribution is 5.94. The molecule has 1 aliphatic heterocycles. The third-order valence-electron chi connectivity index (χ3n) is 5.04. The Balaban J connectivity index is 1.42. The van der Waals surface area contributed by atoms with Gasteiger partial charge in [0.2, 0.25) is 5.88 Å². The minimum Gasteiger partial charge on any atom is -0.475 e. The Bertz CT molecular complexity index is 1010. The number of aromatic nitrogens is 4. The van der Waals surface area contributed by atoms with Gasteiger partial charge in [0.15, 0.2) is 0 Å². The second-order valence-electron chi connectivity index (χ2n) is 7.56.